The van der Waals surface area contributed by atoms with Gasteiger partial charge in [-0.05, 0) is 65.7 Å². The number of rotatable bonds is 6. The summed E-state index contributed by atoms with van der Waals surface area (Å²) in [6, 6.07) is 62.5. The molecule has 0 aliphatic rings. The molecule has 4 heterocycles. The van der Waals surface area contributed by atoms with Crippen LogP contribution in [-0.2, 0) is 0 Å². The van der Waals surface area contributed by atoms with Crippen molar-refractivity contribution in [3.05, 3.63) is 188 Å². The van der Waals surface area contributed by atoms with E-state index in [0.717, 1.165) is 105 Å². The van der Waals surface area contributed by atoms with Crippen LogP contribution in [-0.4, -0.2) is 15.0 Å². The molecule has 0 aliphatic heterocycles. The molecule has 11 aromatic rings. The summed E-state index contributed by atoms with van der Waals surface area (Å²) in [4.78, 5) is 15.1. The van der Waals surface area contributed by atoms with Gasteiger partial charge in [-0.1, -0.05) is 127 Å². The molecule has 262 valence electrons. The summed E-state index contributed by atoms with van der Waals surface area (Å²) in [7, 11) is 0. The summed E-state index contributed by atoms with van der Waals surface area (Å²) >= 11 is 0. The molecule has 0 saturated heterocycles. The third kappa shape index (κ3) is 5.45. The van der Waals surface area contributed by atoms with E-state index in [1.165, 1.54) is 0 Å². The molecule has 0 spiro atoms. The van der Waals surface area contributed by atoms with Crippen molar-refractivity contribution < 1.29 is 8.83 Å². The van der Waals surface area contributed by atoms with Crippen LogP contribution in [0, 0.1) is 0 Å². The molecule has 7 aromatic carbocycles. The van der Waals surface area contributed by atoms with Gasteiger partial charge in [0.25, 0.3) is 0 Å². The average molecular weight is 718 g/mol. The Hall–Kier alpha value is -7.63. The third-order valence-corrected chi connectivity index (χ3v) is 10.5. The van der Waals surface area contributed by atoms with Gasteiger partial charge >= 0.3 is 0 Å². The van der Waals surface area contributed by atoms with Crippen molar-refractivity contribution in [1.82, 2.24) is 15.0 Å². The van der Waals surface area contributed by atoms with Gasteiger partial charge in [0, 0.05) is 61.1 Å². The van der Waals surface area contributed by atoms with Crippen molar-refractivity contribution in [2.24, 2.45) is 0 Å². The van der Waals surface area contributed by atoms with E-state index >= 15 is 0 Å². The summed E-state index contributed by atoms with van der Waals surface area (Å²) in [6.45, 7) is 0. The lowest BCUT2D eigenvalue weighted by molar-refractivity contribution is 0.670. The fraction of sp³-hybridized carbons (Fsp3) is 0. The zero-order valence-electron chi connectivity index (χ0n) is 30.1. The zero-order chi connectivity index (χ0) is 37.0. The molecular weight excluding hydrogens is 687 g/mol. The molecule has 0 fully saturated rings. The normalized spacial score (nSPS) is 11.6. The zero-order valence-corrected chi connectivity index (χ0v) is 30.1. The summed E-state index contributed by atoms with van der Waals surface area (Å²) < 4.78 is 13.2. The third-order valence-electron chi connectivity index (χ3n) is 10.5. The first-order chi connectivity index (χ1) is 27.7. The van der Waals surface area contributed by atoms with Crippen LogP contribution >= 0.6 is 0 Å². The highest BCUT2D eigenvalue weighted by Gasteiger charge is 2.19. The molecule has 0 radical (unpaired) electrons. The minimum atomic E-state index is 0.645. The maximum absolute atomic E-state index is 6.59. The molecule has 4 aromatic heterocycles. The molecule has 56 heavy (non-hydrogen) atoms. The van der Waals surface area contributed by atoms with E-state index in [1.807, 2.05) is 66.9 Å². The van der Waals surface area contributed by atoms with Gasteiger partial charge in [0.1, 0.15) is 22.3 Å². The SMILES string of the molecule is c1ccc(-c2nc(-c3cccc(-c4ccccn4)c3)cc(-c3cc(-c4cccc5c4oc4ccccc45)cc(-c4cccc5c4oc4ccccc45)c3)n2)cc1. The predicted molar refractivity (Wildman–Crippen MR) is 227 cm³/mol. The molecule has 0 amide bonds. The molecule has 0 atom stereocenters. The Morgan fingerprint density at radius 1 is 0.321 bits per heavy atom. The Balaban J connectivity index is 1.17. The van der Waals surface area contributed by atoms with Gasteiger partial charge in [-0.25, -0.2) is 9.97 Å². The number of fused-ring (bicyclic) bond motifs is 6. The van der Waals surface area contributed by atoms with Crippen LogP contribution in [0.3, 0.4) is 0 Å². The van der Waals surface area contributed by atoms with Crippen LogP contribution in [0.15, 0.2) is 197 Å². The van der Waals surface area contributed by atoms with Crippen molar-refractivity contribution in [2.45, 2.75) is 0 Å². The van der Waals surface area contributed by atoms with Crippen LogP contribution in [0.25, 0.3) is 111 Å². The first-order valence-electron chi connectivity index (χ1n) is 18.7. The monoisotopic (exact) mass is 717 g/mol. The van der Waals surface area contributed by atoms with Gasteiger partial charge in [0.05, 0.1) is 17.1 Å². The highest BCUT2D eigenvalue weighted by atomic mass is 16.3. The molecular formula is C51H31N3O2. The Morgan fingerprint density at radius 3 is 1.43 bits per heavy atom. The van der Waals surface area contributed by atoms with Crippen LogP contribution in [0.5, 0.6) is 0 Å². The van der Waals surface area contributed by atoms with Gasteiger partial charge in [0.2, 0.25) is 0 Å². The number of furan rings is 2. The van der Waals surface area contributed by atoms with Crippen molar-refractivity contribution in [2.75, 3.05) is 0 Å². The van der Waals surface area contributed by atoms with Crippen molar-refractivity contribution in [3.63, 3.8) is 0 Å². The lowest BCUT2D eigenvalue weighted by atomic mass is 9.93. The minimum Gasteiger partial charge on any atom is -0.455 e. The highest BCUT2D eigenvalue weighted by Crippen LogP contribution is 2.42. The first-order valence-corrected chi connectivity index (χ1v) is 18.7. The van der Waals surface area contributed by atoms with Crippen LogP contribution in [0.1, 0.15) is 0 Å². The molecule has 0 unspecified atom stereocenters. The van der Waals surface area contributed by atoms with Crippen LogP contribution in [0.2, 0.25) is 0 Å². The van der Waals surface area contributed by atoms with Crippen molar-refractivity contribution in [3.8, 4) is 67.4 Å². The first kappa shape index (κ1) is 31.9. The standard InChI is InChI=1S/C51H31N3O2/c1-2-13-32(14-3-1)51-53-45(34-16-10-15-33(27-34)44-23-8-9-26-52-44)31-46(54-51)37-29-35(38-19-11-21-42-40-17-4-6-24-47(40)55-49(38)42)28-36(30-37)39-20-12-22-43-41-18-5-7-25-48(41)56-50(39)43/h1-31H. The quantitative estimate of drug-likeness (QED) is 0.171. The smallest absolute Gasteiger partial charge is 0.160 e. The molecule has 0 saturated carbocycles. The van der Waals surface area contributed by atoms with E-state index in [2.05, 4.69) is 126 Å². The molecule has 0 bridgehead atoms. The number of nitrogens with zero attached hydrogens (tertiary/aromatic N) is 3. The van der Waals surface area contributed by atoms with E-state index in [0.29, 0.717) is 5.82 Å². The van der Waals surface area contributed by atoms with Gasteiger partial charge in [-0.2, -0.15) is 0 Å². The van der Waals surface area contributed by atoms with Crippen molar-refractivity contribution >= 4 is 43.9 Å². The summed E-state index contributed by atoms with van der Waals surface area (Å²) in [5, 5.41) is 4.34. The van der Waals surface area contributed by atoms with E-state index in [1.54, 1.807) is 0 Å². The Morgan fingerprint density at radius 2 is 0.804 bits per heavy atom. The summed E-state index contributed by atoms with van der Waals surface area (Å²) in [5.74, 6) is 0.645. The second-order valence-corrected chi connectivity index (χ2v) is 14.0. The van der Waals surface area contributed by atoms with Crippen molar-refractivity contribution in [1.29, 1.82) is 0 Å². The number of para-hydroxylation sites is 4. The van der Waals surface area contributed by atoms with Gasteiger partial charge in [-0.15, -0.1) is 0 Å². The minimum absolute atomic E-state index is 0.645. The predicted octanol–water partition coefficient (Wildman–Crippen LogP) is 13.7. The second-order valence-electron chi connectivity index (χ2n) is 14.0. The maximum Gasteiger partial charge on any atom is 0.160 e. The van der Waals surface area contributed by atoms with E-state index in [4.69, 9.17) is 18.8 Å². The number of pyridine rings is 1. The largest absolute Gasteiger partial charge is 0.455 e. The topological polar surface area (TPSA) is 65.0 Å². The number of benzene rings is 7. The Labute approximate surface area is 322 Å². The van der Waals surface area contributed by atoms with E-state index < -0.39 is 0 Å². The second kappa shape index (κ2) is 13.0. The molecule has 0 aliphatic carbocycles. The van der Waals surface area contributed by atoms with E-state index in [-0.39, 0.29) is 0 Å². The van der Waals surface area contributed by atoms with Crippen LogP contribution in [0.4, 0.5) is 0 Å². The molecule has 0 N–H and O–H groups in total. The van der Waals surface area contributed by atoms with Crippen LogP contribution < -0.4 is 0 Å². The average Bonchev–Trinajstić information content (AvgIpc) is 3.86. The molecule has 11 rings (SSSR count). The maximum atomic E-state index is 6.59. The van der Waals surface area contributed by atoms with Gasteiger partial charge in [0.15, 0.2) is 5.82 Å². The van der Waals surface area contributed by atoms with E-state index in [9.17, 15) is 0 Å². The Kier molecular flexibility index (Phi) is 7.42. The van der Waals surface area contributed by atoms with Gasteiger partial charge in [-0.3, -0.25) is 4.98 Å². The lowest BCUT2D eigenvalue weighted by Crippen LogP contribution is -1.97. The molecule has 5 heteroatoms. The van der Waals surface area contributed by atoms with Gasteiger partial charge < -0.3 is 8.83 Å². The number of aromatic nitrogens is 3. The number of hydrogen-bond donors (Lipinski definition) is 0. The fourth-order valence-corrected chi connectivity index (χ4v) is 7.87. The highest BCUT2D eigenvalue weighted by molar-refractivity contribution is 6.11. The molecule has 5 nitrogen and oxygen atoms in total. The summed E-state index contributed by atoms with van der Waals surface area (Å²) in [6.07, 6.45) is 1.82. The Bertz CT molecular complexity index is 3120. The number of hydrogen-bond acceptors (Lipinski definition) is 5. The summed E-state index contributed by atoms with van der Waals surface area (Å²) in [5.41, 5.74) is 13.8. The lowest BCUT2D eigenvalue weighted by Gasteiger charge is -2.14. The fourth-order valence-electron chi connectivity index (χ4n) is 7.87.